The van der Waals surface area contributed by atoms with E-state index in [4.69, 9.17) is 10.5 Å². The standard InChI is InChI=1S/C9H18N2O2/c1-3-13-8(12)9(10)4-6-11(2)7-5-9/h3-7,10H2,1-2H3. The molecular weight excluding hydrogens is 168 g/mol. The van der Waals surface area contributed by atoms with Gasteiger partial charge in [-0.25, -0.2) is 0 Å². The Bertz CT molecular complexity index is 186. The van der Waals surface area contributed by atoms with Crippen molar-refractivity contribution < 1.29 is 9.53 Å². The predicted molar refractivity (Wildman–Crippen MR) is 50.3 cm³/mol. The Hall–Kier alpha value is -0.610. The summed E-state index contributed by atoms with van der Waals surface area (Å²) in [5, 5.41) is 0. The molecule has 1 aliphatic heterocycles. The number of nitrogens with two attached hydrogens (primary N) is 1. The first kappa shape index (κ1) is 10.5. The van der Waals surface area contributed by atoms with E-state index in [9.17, 15) is 4.79 Å². The fourth-order valence-corrected chi connectivity index (χ4v) is 1.50. The lowest BCUT2D eigenvalue weighted by Crippen LogP contribution is -2.55. The summed E-state index contributed by atoms with van der Waals surface area (Å²) in [7, 11) is 2.03. The van der Waals surface area contributed by atoms with Gasteiger partial charge in [0.05, 0.1) is 6.61 Å². The summed E-state index contributed by atoms with van der Waals surface area (Å²) >= 11 is 0. The molecule has 1 rings (SSSR count). The molecule has 0 bridgehead atoms. The number of rotatable bonds is 2. The van der Waals surface area contributed by atoms with Crippen LogP contribution in [0.1, 0.15) is 19.8 Å². The molecule has 0 saturated carbocycles. The van der Waals surface area contributed by atoms with Crippen molar-refractivity contribution in [3.8, 4) is 0 Å². The van der Waals surface area contributed by atoms with Crippen LogP contribution in [-0.4, -0.2) is 43.2 Å². The molecule has 0 amide bonds. The van der Waals surface area contributed by atoms with E-state index in [0.717, 1.165) is 13.1 Å². The topological polar surface area (TPSA) is 55.6 Å². The minimum Gasteiger partial charge on any atom is -0.465 e. The van der Waals surface area contributed by atoms with E-state index in [1.54, 1.807) is 6.92 Å². The highest BCUT2D eigenvalue weighted by Gasteiger charge is 2.37. The normalized spacial score (nSPS) is 22.7. The minimum absolute atomic E-state index is 0.247. The SMILES string of the molecule is CCOC(=O)C1(N)CCN(C)CC1. The third-order valence-corrected chi connectivity index (χ3v) is 2.56. The van der Waals surface area contributed by atoms with Crippen LogP contribution < -0.4 is 5.73 Å². The van der Waals surface area contributed by atoms with Crippen LogP contribution in [0.2, 0.25) is 0 Å². The molecule has 0 aromatic carbocycles. The van der Waals surface area contributed by atoms with Crippen LogP contribution in [-0.2, 0) is 9.53 Å². The van der Waals surface area contributed by atoms with E-state index >= 15 is 0 Å². The quantitative estimate of drug-likeness (QED) is 0.615. The predicted octanol–water partition coefficient (Wildman–Crippen LogP) is -0.0274. The first-order valence-electron chi connectivity index (χ1n) is 4.73. The fourth-order valence-electron chi connectivity index (χ4n) is 1.50. The van der Waals surface area contributed by atoms with E-state index in [-0.39, 0.29) is 5.97 Å². The zero-order valence-corrected chi connectivity index (χ0v) is 8.38. The minimum atomic E-state index is -0.734. The van der Waals surface area contributed by atoms with Gasteiger partial charge in [0.25, 0.3) is 0 Å². The second kappa shape index (κ2) is 4.07. The number of ether oxygens (including phenoxy) is 1. The summed E-state index contributed by atoms with van der Waals surface area (Å²) < 4.78 is 4.94. The molecule has 76 valence electrons. The second-order valence-electron chi connectivity index (χ2n) is 3.68. The molecule has 0 unspecified atom stereocenters. The number of carbonyl (C=O) groups is 1. The molecule has 0 radical (unpaired) electrons. The van der Waals surface area contributed by atoms with Gasteiger partial charge in [0.15, 0.2) is 0 Å². The molecule has 0 spiro atoms. The highest BCUT2D eigenvalue weighted by molar-refractivity contribution is 5.80. The van der Waals surface area contributed by atoms with Gasteiger partial charge < -0.3 is 15.4 Å². The smallest absolute Gasteiger partial charge is 0.326 e. The van der Waals surface area contributed by atoms with Gasteiger partial charge in [-0.1, -0.05) is 0 Å². The maximum absolute atomic E-state index is 11.5. The molecule has 0 aliphatic carbocycles. The van der Waals surface area contributed by atoms with Crippen LogP contribution >= 0.6 is 0 Å². The van der Waals surface area contributed by atoms with E-state index in [1.807, 2.05) is 7.05 Å². The van der Waals surface area contributed by atoms with Gasteiger partial charge in [-0.05, 0) is 26.8 Å². The number of piperidine rings is 1. The summed E-state index contributed by atoms with van der Waals surface area (Å²) in [5.74, 6) is -0.247. The Labute approximate surface area is 79.0 Å². The first-order valence-corrected chi connectivity index (χ1v) is 4.73. The van der Waals surface area contributed by atoms with Gasteiger partial charge in [0, 0.05) is 13.1 Å². The monoisotopic (exact) mass is 186 g/mol. The number of hydrogen-bond donors (Lipinski definition) is 1. The summed E-state index contributed by atoms with van der Waals surface area (Å²) in [6.45, 7) is 3.95. The Morgan fingerprint density at radius 2 is 2.08 bits per heavy atom. The molecule has 0 aromatic rings. The summed E-state index contributed by atoms with van der Waals surface area (Å²) in [6.07, 6.45) is 1.39. The summed E-state index contributed by atoms with van der Waals surface area (Å²) in [4.78, 5) is 13.6. The van der Waals surface area contributed by atoms with Crippen LogP contribution in [0.15, 0.2) is 0 Å². The molecular formula is C9H18N2O2. The molecule has 13 heavy (non-hydrogen) atoms. The summed E-state index contributed by atoms with van der Waals surface area (Å²) in [6, 6.07) is 0. The number of nitrogens with zero attached hydrogens (tertiary/aromatic N) is 1. The largest absolute Gasteiger partial charge is 0.465 e. The Balaban J connectivity index is 2.51. The van der Waals surface area contributed by atoms with E-state index < -0.39 is 5.54 Å². The van der Waals surface area contributed by atoms with Crippen LogP contribution in [0, 0.1) is 0 Å². The van der Waals surface area contributed by atoms with Crippen molar-refractivity contribution in [1.29, 1.82) is 0 Å². The van der Waals surface area contributed by atoms with Crippen molar-refractivity contribution in [3.63, 3.8) is 0 Å². The third-order valence-electron chi connectivity index (χ3n) is 2.56. The molecule has 1 fully saturated rings. The summed E-state index contributed by atoms with van der Waals surface area (Å²) in [5.41, 5.74) is 5.22. The van der Waals surface area contributed by atoms with Crippen LogP contribution in [0.25, 0.3) is 0 Å². The van der Waals surface area contributed by atoms with E-state index in [2.05, 4.69) is 4.90 Å². The average Bonchev–Trinajstić information content (AvgIpc) is 2.11. The zero-order chi connectivity index (χ0) is 9.90. The maximum Gasteiger partial charge on any atom is 0.326 e. The fraction of sp³-hybridized carbons (Fsp3) is 0.889. The van der Waals surface area contributed by atoms with E-state index in [0.29, 0.717) is 19.4 Å². The van der Waals surface area contributed by atoms with Crippen molar-refractivity contribution >= 4 is 5.97 Å². The van der Waals surface area contributed by atoms with E-state index in [1.165, 1.54) is 0 Å². The van der Waals surface area contributed by atoms with Crippen LogP contribution in [0.5, 0.6) is 0 Å². The molecule has 4 heteroatoms. The van der Waals surface area contributed by atoms with Crippen molar-refractivity contribution in [2.24, 2.45) is 5.73 Å². The zero-order valence-electron chi connectivity index (χ0n) is 8.38. The molecule has 1 aliphatic rings. The molecule has 1 saturated heterocycles. The lowest BCUT2D eigenvalue weighted by molar-refractivity contribution is -0.151. The number of likely N-dealkylation sites (tertiary alicyclic amines) is 1. The van der Waals surface area contributed by atoms with Crippen LogP contribution in [0.4, 0.5) is 0 Å². The number of hydrogen-bond acceptors (Lipinski definition) is 4. The average molecular weight is 186 g/mol. The van der Waals surface area contributed by atoms with Gasteiger partial charge in [-0.3, -0.25) is 4.79 Å². The lowest BCUT2D eigenvalue weighted by Gasteiger charge is -2.35. The van der Waals surface area contributed by atoms with Crippen molar-refractivity contribution in [2.45, 2.75) is 25.3 Å². The molecule has 2 N–H and O–H groups in total. The number of carbonyl (C=O) groups excluding carboxylic acids is 1. The van der Waals surface area contributed by atoms with Crippen molar-refractivity contribution in [3.05, 3.63) is 0 Å². The highest BCUT2D eigenvalue weighted by Crippen LogP contribution is 2.19. The highest BCUT2D eigenvalue weighted by atomic mass is 16.5. The first-order chi connectivity index (χ1) is 6.08. The second-order valence-corrected chi connectivity index (χ2v) is 3.68. The molecule has 4 nitrogen and oxygen atoms in total. The van der Waals surface area contributed by atoms with Crippen molar-refractivity contribution in [1.82, 2.24) is 4.90 Å². The molecule has 0 atom stereocenters. The lowest BCUT2D eigenvalue weighted by atomic mass is 9.89. The van der Waals surface area contributed by atoms with Gasteiger partial charge in [0.2, 0.25) is 0 Å². The Morgan fingerprint density at radius 3 is 2.54 bits per heavy atom. The third kappa shape index (κ3) is 2.42. The van der Waals surface area contributed by atoms with Gasteiger partial charge in [-0.2, -0.15) is 0 Å². The molecule has 1 heterocycles. The maximum atomic E-state index is 11.5. The van der Waals surface area contributed by atoms with Crippen molar-refractivity contribution in [2.75, 3.05) is 26.7 Å². The van der Waals surface area contributed by atoms with Gasteiger partial charge >= 0.3 is 5.97 Å². The Kier molecular flexibility index (Phi) is 3.27. The van der Waals surface area contributed by atoms with Crippen LogP contribution in [0.3, 0.4) is 0 Å². The molecule has 0 aromatic heterocycles. The Morgan fingerprint density at radius 1 is 1.54 bits per heavy atom. The van der Waals surface area contributed by atoms with Gasteiger partial charge in [-0.15, -0.1) is 0 Å². The number of esters is 1. The van der Waals surface area contributed by atoms with Gasteiger partial charge in [0.1, 0.15) is 5.54 Å².